The van der Waals surface area contributed by atoms with Gasteiger partial charge in [0.1, 0.15) is 0 Å². The maximum atomic E-state index is 11.2. The lowest BCUT2D eigenvalue weighted by molar-refractivity contribution is -0.143. The van der Waals surface area contributed by atoms with Crippen molar-refractivity contribution in [2.45, 2.75) is 77.9 Å². The molecule has 0 aliphatic heterocycles. The SMILES string of the molecule is [2H]C([2H])([2H])C([2H])([2H])/C=C/C/C=C/C/C=C/CCCCCCCC(=O)OCC. The molecule has 0 unspecified atom stereocenters. The van der Waals surface area contributed by atoms with Crippen molar-refractivity contribution in [1.29, 1.82) is 0 Å². The van der Waals surface area contributed by atoms with E-state index in [-0.39, 0.29) is 5.97 Å². The molecule has 0 aliphatic rings. The van der Waals surface area contributed by atoms with Crippen LogP contribution < -0.4 is 0 Å². The first-order valence-corrected chi connectivity index (χ1v) is 8.34. The van der Waals surface area contributed by atoms with Crippen molar-refractivity contribution < 1.29 is 16.4 Å². The van der Waals surface area contributed by atoms with Gasteiger partial charge >= 0.3 is 5.97 Å². The van der Waals surface area contributed by atoms with Gasteiger partial charge in [0, 0.05) is 13.3 Å². The van der Waals surface area contributed by atoms with Crippen LogP contribution in [0.1, 0.15) is 84.8 Å². The van der Waals surface area contributed by atoms with Gasteiger partial charge in [-0.2, -0.15) is 0 Å². The molecule has 0 spiro atoms. The van der Waals surface area contributed by atoms with Gasteiger partial charge in [0.15, 0.2) is 0 Å². The van der Waals surface area contributed by atoms with Gasteiger partial charge in [-0.05, 0) is 45.4 Å². The fourth-order valence-corrected chi connectivity index (χ4v) is 1.99. The Hall–Kier alpha value is -1.31. The fraction of sp³-hybridized carbons (Fsp3) is 0.650. The number of allylic oxidation sites excluding steroid dienone is 6. The quantitative estimate of drug-likeness (QED) is 0.219. The minimum Gasteiger partial charge on any atom is -0.466 e. The van der Waals surface area contributed by atoms with Crippen molar-refractivity contribution >= 4 is 5.97 Å². The van der Waals surface area contributed by atoms with Crippen LogP contribution in [0.15, 0.2) is 36.5 Å². The highest BCUT2D eigenvalue weighted by Gasteiger charge is 2.00. The third kappa shape index (κ3) is 16.7. The molecule has 22 heavy (non-hydrogen) atoms. The summed E-state index contributed by atoms with van der Waals surface area (Å²) in [6, 6.07) is 0. The molecule has 0 N–H and O–H groups in total. The highest BCUT2D eigenvalue weighted by Crippen LogP contribution is 2.08. The number of hydrogen-bond donors (Lipinski definition) is 0. The topological polar surface area (TPSA) is 26.3 Å². The molecule has 2 heteroatoms. The second-order valence-electron chi connectivity index (χ2n) is 5.07. The number of rotatable bonds is 14. The van der Waals surface area contributed by atoms with E-state index in [1.54, 1.807) is 6.08 Å². The number of carbonyl (C=O) groups is 1. The molecular formula is C20H34O2. The number of ether oxygens (including phenoxy) is 1. The van der Waals surface area contributed by atoms with Gasteiger partial charge in [0.25, 0.3) is 0 Å². The highest BCUT2D eigenvalue weighted by molar-refractivity contribution is 5.69. The molecule has 0 amide bonds. The zero-order valence-electron chi connectivity index (χ0n) is 18.9. The Bertz CT molecular complexity index is 479. The zero-order valence-corrected chi connectivity index (χ0v) is 13.9. The van der Waals surface area contributed by atoms with E-state index < -0.39 is 13.2 Å². The van der Waals surface area contributed by atoms with Crippen molar-refractivity contribution in [3.63, 3.8) is 0 Å². The van der Waals surface area contributed by atoms with E-state index in [9.17, 15) is 4.79 Å². The van der Waals surface area contributed by atoms with Crippen LogP contribution in [-0.2, 0) is 9.53 Å². The van der Waals surface area contributed by atoms with Crippen molar-refractivity contribution in [1.82, 2.24) is 0 Å². The van der Waals surface area contributed by atoms with E-state index >= 15 is 0 Å². The van der Waals surface area contributed by atoms with Crippen LogP contribution >= 0.6 is 0 Å². The number of carbonyl (C=O) groups excluding carboxylic acids is 1. The van der Waals surface area contributed by atoms with Gasteiger partial charge in [-0.3, -0.25) is 4.79 Å². The Balaban J connectivity index is 3.60. The highest BCUT2D eigenvalue weighted by atomic mass is 16.5. The van der Waals surface area contributed by atoms with E-state index in [4.69, 9.17) is 11.6 Å². The van der Waals surface area contributed by atoms with E-state index in [1.807, 2.05) is 19.1 Å². The van der Waals surface area contributed by atoms with Gasteiger partial charge in [-0.1, -0.05) is 62.6 Å². The Morgan fingerprint density at radius 3 is 2.32 bits per heavy atom. The number of esters is 1. The van der Waals surface area contributed by atoms with Crippen molar-refractivity contribution in [2.75, 3.05) is 6.61 Å². The smallest absolute Gasteiger partial charge is 0.305 e. The summed E-state index contributed by atoms with van der Waals surface area (Å²) in [6.07, 6.45) is 16.9. The van der Waals surface area contributed by atoms with Crippen LogP contribution in [0.5, 0.6) is 0 Å². The summed E-state index contributed by atoms with van der Waals surface area (Å²) >= 11 is 0. The first-order valence-electron chi connectivity index (χ1n) is 10.8. The molecule has 0 radical (unpaired) electrons. The maximum absolute atomic E-state index is 11.2. The number of unbranched alkanes of at least 4 members (excludes halogenated alkanes) is 5. The Kier molecular flexibility index (Phi) is 10.6. The van der Waals surface area contributed by atoms with Gasteiger partial charge in [-0.15, -0.1) is 0 Å². The van der Waals surface area contributed by atoms with Gasteiger partial charge in [0.2, 0.25) is 0 Å². The number of hydrogen-bond acceptors (Lipinski definition) is 2. The van der Waals surface area contributed by atoms with Crippen LogP contribution in [-0.4, -0.2) is 12.6 Å². The van der Waals surface area contributed by atoms with Crippen molar-refractivity contribution in [3.05, 3.63) is 36.5 Å². The molecule has 0 heterocycles. The molecule has 0 aliphatic carbocycles. The van der Waals surface area contributed by atoms with Crippen LogP contribution in [0.3, 0.4) is 0 Å². The van der Waals surface area contributed by atoms with E-state index in [0.29, 0.717) is 19.4 Å². The molecule has 0 fully saturated rings. The molecule has 0 rings (SSSR count). The average Bonchev–Trinajstić information content (AvgIpc) is 2.57. The summed E-state index contributed by atoms with van der Waals surface area (Å²) in [6.45, 7) is -0.349. The Labute approximate surface area is 144 Å². The fourth-order valence-electron chi connectivity index (χ4n) is 1.99. The summed E-state index contributed by atoms with van der Waals surface area (Å²) < 4.78 is 41.1. The van der Waals surface area contributed by atoms with E-state index in [1.165, 1.54) is 6.42 Å². The predicted octanol–water partition coefficient (Wildman–Crippen LogP) is 6.14. The third-order valence-corrected chi connectivity index (χ3v) is 3.14. The zero-order chi connectivity index (χ0) is 20.6. The molecule has 0 saturated carbocycles. The normalized spacial score (nSPS) is 16.5. The second-order valence-corrected chi connectivity index (χ2v) is 5.07. The molecule has 0 aromatic carbocycles. The van der Waals surface area contributed by atoms with E-state index in [2.05, 4.69) is 12.2 Å². The van der Waals surface area contributed by atoms with Crippen molar-refractivity contribution in [3.8, 4) is 0 Å². The standard InChI is InChI=1S/C20H34O2/c1-3-5-6-7-8-9-10-11-12-13-14-15-16-17-18-19-20(21)22-4-2/h5-6,8-9,11-12H,3-4,7,10,13-19H2,1-2H3/b6-5+,9-8+,12-11+/i1D3,3D2. The summed E-state index contributed by atoms with van der Waals surface area (Å²) in [7, 11) is 0. The maximum Gasteiger partial charge on any atom is 0.305 e. The summed E-state index contributed by atoms with van der Waals surface area (Å²) in [5, 5.41) is 0. The molecule has 2 nitrogen and oxygen atoms in total. The molecule has 0 bridgehead atoms. The largest absolute Gasteiger partial charge is 0.466 e. The average molecular weight is 312 g/mol. The Morgan fingerprint density at radius 2 is 1.59 bits per heavy atom. The van der Waals surface area contributed by atoms with Gasteiger partial charge in [-0.25, -0.2) is 0 Å². The molecule has 0 aromatic heterocycles. The predicted molar refractivity (Wildman–Crippen MR) is 95.9 cm³/mol. The van der Waals surface area contributed by atoms with Crippen LogP contribution in [0.25, 0.3) is 0 Å². The summed E-state index contributed by atoms with van der Waals surface area (Å²) in [4.78, 5) is 11.2. The molecule has 0 atom stereocenters. The Morgan fingerprint density at radius 1 is 0.955 bits per heavy atom. The minimum atomic E-state index is -2.63. The minimum absolute atomic E-state index is 0.0973. The molecule has 126 valence electrons. The first kappa shape index (κ1) is 13.2. The lowest BCUT2D eigenvalue weighted by Gasteiger charge is -2.01. The third-order valence-electron chi connectivity index (χ3n) is 3.14. The second kappa shape index (κ2) is 17.7. The molecular weight excluding hydrogens is 272 g/mol. The summed E-state index contributed by atoms with van der Waals surface area (Å²) in [5.74, 6) is -0.0973. The van der Waals surface area contributed by atoms with Gasteiger partial charge in [0.05, 0.1) is 6.61 Å². The summed E-state index contributed by atoms with van der Waals surface area (Å²) in [5.41, 5.74) is 0. The van der Waals surface area contributed by atoms with Gasteiger partial charge < -0.3 is 4.74 Å². The first-order chi connectivity index (χ1) is 12.7. The lowest BCUT2D eigenvalue weighted by atomic mass is 10.1. The lowest BCUT2D eigenvalue weighted by Crippen LogP contribution is -2.03. The molecule has 0 saturated heterocycles. The van der Waals surface area contributed by atoms with E-state index in [0.717, 1.165) is 44.6 Å². The van der Waals surface area contributed by atoms with Crippen LogP contribution in [0.2, 0.25) is 0 Å². The van der Waals surface area contributed by atoms with Crippen LogP contribution in [0, 0.1) is 0 Å². The molecule has 0 aromatic rings. The monoisotopic (exact) mass is 311 g/mol. The van der Waals surface area contributed by atoms with Crippen molar-refractivity contribution in [2.24, 2.45) is 0 Å². The van der Waals surface area contributed by atoms with Crippen LogP contribution in [0.4, 0.5) is 0 Å².